The molecule has 1 aliphatic heterocycles. The van der Waals surface area contributed by atoms with Gasteiger partial charge >= 0.3 is 0 Å². The Morgan fingerprint density at radius 1 is 1.20 bits per heavy atom. The van der Waals surface area contributed by atoms with E-state index in [9.17, 15) is 13.2 Å². The van der Waals surface area contributed by atoms with Gasteiger partial charge in [0.15, 0.2) is 12.0 Å². The summed E-state index contributed by atoms with van der Waals surface area (Å²) >= 11 is 0. The van der Waals surface area contributed by atoms with Gasteiger partial charge in [-0.05, 0) is 25.0 Å². The van der Waals surface area contributed by atoms with Gasteiger partial charge in [-0.2, -0.15) is 4.31 Å². The number of oxazole rings is 1. The van der Waals surface area contributed by atoms with Crippen LogP contribution in [0.1, 0.15) is 26.7 Å². The van der Waals surface area contributed by atoms with Crippen LogP contribution < -0.4 is 0 Å². The molecule has 0 atom stereocenters. The second-order valence-corrected chi connectivity index (χ2v) is 8.16. The molecular formula is C17H23N3O4S. The number of sulfonamides is 1. The van der Waals surface area contributed by atoms with Gasteiger partial charge in [0.1, 0.15) is 5.52 Å². The van der Waals surface area contributed by atoms with Crippen molar-refractivity contribution >= 4 is 27.0 Å². The van der Waals surface area contributed by atoms with Gasteiger partial charge in [0.25, 0.3) is 0 Å². The number of aromatic nitrogens is 1. The number of piperazine rings is 1. The van der Waals surface area contributed by atoms with Crippen molar-refractivity contribution in [3.05, 3.63) is 24.6 Å². The number of rotatable bonds is 5. The number of carbonyl (C=O) groups is 1. The predicted octanol–water partition coefficient (Wildman–Crippen LogP) is 2.10. The zero-order valence-corrected chi connectivity index (χ0v) is 15.3. The third-order valence-corrected chi connectivity index (χ3v) is 6.72. The Labute approximate surface area is 147 Å². The summed E-state index contributed by atoms with van der Waals surface area (Å²) in [7, 11) is -3.60. The minimum absolute atomic E-state index is 0.0250. The van der Waals surface area contributed by atoms with Gasteiger partial charge in [-0.3, -0.25) is 4.79 Å². The molecule has 1 aromatic heterocycles. The average Bonchev–Trinajstić information content (AvgIpc) is 3.10. The van der Waals surface area contributed by atoms with E-state index in [1.807, 2.05) is 13.8 Å². The average molecular weight is 365 g/mol. The molecule has 1 amide bonds. The summed E-state index contributed by atoms with van der Waals surface area (Å²) in [5, 5.41) is 0. The molecule has 1 aliphatic rings. The van der Waals surface area contributed by atoms with E-state index in [1.165, 1.54) is 16.8 Å². The van der Waals surface area contributed by atoms with Crippen molar-refractivity contribution in [2.45, 2.75) is 31.6 Å². The zero-order chi connectivity index (χ0) is 18.0. The first-order chi connectivity index (χ1) is 12.0. The van der Waals surface area contributed by atoms with E-state index in [2.05, 4.69) is 4.98 Å². The molecule has 2 aromatic rings. The third kappa shape index (κ3) is 3.41. The second kappa shape index (κ2) is 7.13. The Kier molecular flexibility index (Phi) is 5.10. The summed E-state index contributed by atoms with van der Waals surface area (Å²) < 4.78 is 32.3. The molecule has 3 rings (SSSR count). The third-order valence-electron chi connectivity index (χ3n) is 4.83. The van der Waals surface area contributed by atoms with E-state index >= 15 is 0 Å². The molecule has 0 radical (unpaired) electrons. The zero-order valence-electron chi connectivity index (χ0n) is 14.5. The van der Waals surface area contributed by atoms with Crippen molar-refractivity contribution in [3.8, 4) is 0 Å². The van der Waals surface area contributed by atoms with Gasteiger partial charge < -0.3 is 9.32 Å². The molecule has 2 heterocycles. The maximum Gasteiger partial charge on any atom is 0.243 e. The van der Waals surface area contributed by atoms with Crippen LogP contribution in [0.15, 0.2) is 33.9 Å². The minimum atomic E-state index is -3.60. The quantitative estimate of drug-likeness (QED) is 0.810. The van der Waals surface area contributed by atoms with Crippen LogP contribution in [0, 0.1) is 5.92 Å². The van der Waals surface area contributed by atoms with Crippen LogP contribution in [0.25, 0.3) is 11.1 Å². The van der Waals surface area contributed by atoms with Crippen LogP contribution in [0.2, 0.25) is 0 Å². The summed E-state index contributed by atoms with van der Waals surface area (Å²) in [4.78, 5) is 18.4. The van der Waals surface area contributed by atoms with Crippen LogP contribution >= 0.6 is 0 Å². The van der Waals surface area contributed by atoms with E-state index in [4.69, 9.17) is 4.42 Å². The lowest BCUT2D eigenvalue weighted by molar-refractivity contribution is -0.136. The lowest BCUT2D eigenvalue weighted by Crippen LogP contribution is -2.51. The number of amides is 1. The molecule has 0 aliphatic carbocycles. The molecule has 1 fully saturated rings. The molecule has 0 saturated carbocycles. The standard InChI is InChI=1S/C17H23N3O4S/c1-3-13(4-2)17(21)19-7-9-20(10-8-19)25(22,23)14-5-6-15-16(11-14)24-12-18-15/h5-6,11-13H,3-4,7-10H2,1-2H3. The highest BCUT2D eigenvalue weighted by Gasteiger charge is 2.31. The lowest BCUT2D eigenvalue weighted by atomic mass is 10.0. The molecule has 0 N–H and O–H groups in total. The van der Waals surface area contributed by atoms with Crippen molar-refractivity contribution in [1.82, 2.24) is 14.2 Å². The fraction of sp³-hybridized carbons (Fsp3) is 0.529. The molecule has 8 heteroatoms. The number of hydrogen-bond acceptors (Lipinski definition) is 5. The van der Waals surface area contributed by atoms with Crippen molar-refractivity contribution in [1.29, 1.82) is 0 Å². The number of fused-ring (bicyclic) bond motifs is 1. The Morgan fingerprint density at radius 2 is 1.88 bits per heavy atom. The van der Waals surface area contributed by atoms with Gasteiger partial charge in [0.05, 0.1) is 4.90 Å². The van der Waals surface area contributed by atoms with E-state index in [0.29, 0.717) is 37.3 Å². The maximum atomic E-state index is 12.8. The fourth-order valence-corrected chi connectivity index (χ4v) is 4.63. The summed E-state index contributed by atoms with van der Waals surface area (Å²) in [6.45, 7) is 5.49. The molecule has 1 saturated heterocycles. The van der Waals surface area contributed by atoms with Crippen molar-refractivity contribution < 1.29 is 17.6 Å². The monoisotopic (exact) mass is 365 g/mol. The molecule has 25 heavy (non-hydrogen) atoms. The summed E-state index contributed by atoms with van der Waals surface area (Å²) in [6.07, 6.45) is 2.92. The van der Waals surface area contributed by atoms with Crippen molar-refractivity contribution in [2.24, 2.45) is 5.92 Å². The first-order valence-corrected chi connectivity index (χ1v) is 10.0. The summed E-state index contributed by atoms with van der Waals surface area (Å²) in [6, 6.07) is 4.68. The normalized spacial score (nSPS) is 16.7. The Bertz CT molecular complexity index is 850. The van der Waals surface area contributed by atoms with E-state index in [0.717, 1.165) is 12.8 Å². The number of nitrogens with zero attached hydrogens (tertiary/aromatic N) is 3. The smallest absolute Gasteiger partial charge is 0.243 e. The number of hydrogen-bond donors (Lipinski definition) is 0. The topological polar surface area (TPSA) is 83.7 Å². The van der Waals surface area contributed by atoms with Gasteiger partial charge in [-0.1, -0.05) is 13.8 Å². The van der Waals surface area contributed by atoms with E-state index in [-0.39, 0.29) is 16.7 Å². The number of carbonyl (C=O) groups excluding carboxylic acids is 1. The van der Waals surface area contributed by atoms with Crippen LogP contribution in [-0.4, -0.2) is 54.7 Å². The highest BCUT2D eigenvalue weighted by molar-refractivity contribution is 7.89. The minimum Gasteiger partial charge on any atom is -0.443 e. The fourth-order valence-electron chi connectivity index (χ4n) is 3.19. The van der Waals surface area contributed by atoms with E-state index in [1.54, 1.807) is 17.0 Å². The first kappa shape index (κ1) is 17.9. The van der Waals surface area contributed by atoms with Gasteiger partial charge in [0, 0.05) is 38.2 Å². The van der Waals surface area contributed by atoms with Crippen molar-refractivity contribution in [3.63, 3.8) is 0 Å². The molecule has 7 nitrogen and oxygen atoms in total. The highest BCUT2D eigenvalue weighted by atomic mass is 32.2. The largest absolute Gasteiger partial charge is 0.443 e. The Morgan fingerprint density at radius 3 is 2.52 bits per heavy atom. The maximum absolute atomic E-state index is 12.8. The molecular weight excluding hydrogens is 342 g/mol. The second-order valence-electron chi connectivity index (χ2n) is 6.22. The first-order valence-electron chi connectivity index (χ1n) is 8.59. The van der Waals surface area contributed by atoms with E-state index < -0.39 is 10.0 Å². The number of benzene rings is 1. The Balaban J connectivity index is 1.72. The summed E-state index contributed by atoms with van der Waals surface area (Å²) in [5.41, 5.74) is 1.07. The van der Waals surface area contributed by atoms with Crippen LogP contribution in [-0.2, 0) is 14.8 Å². The molecule has 0 bridgehead atoms. The van der Waals surface area contributed by atoms with Gasteiger partial charge in [-0.25, -0.2) is 13.4 Å². The molecule has 0 spiro atoms. The van der Waals surface area contributed by atoms with Crippen molar-refractivity contribution in [2.75, 3.05) is 26.2 Å². The Hall–Kier alpha value is -1.93. The lowest BCUT2D eigenvalue weighted by Gasteiger charge is -2.35. The van der Waals surface area contributed by atoms with Crippen LogP contribution in [0.4, 0.5) is 0 Å². The molecule has 0 unspecified atom stereocenters. The highest BCUT2D eigenvalue weighted by Crippen LogP contribution is 2.23. The SMILES string of the molecule is CCC(CC)C(=O)N1CCN(S(=O)(=O)c2ccc3ncoc3c2)CC1. The molecule has 1 aromatic carbocycles. The molecule has 136 valence electrons. The van der Waals surface area contributed by atoms with Crippen LogP contribution in [0.5, 0.6) is 0 Å². The van der Waals surface area contributed by atoms with Gasteiger partial charge in [-0.15, -0.1) is 0 Å². The van der Waals surface area contributed by atoms with Gasteiger partial charge in [0.2, 0.25) is 15.9 Å². The predicted molar refractivity (Wildman–Crippen MR) is 93.4 cm³/mol. The summed E-state index contributed by atoms with van der Waals surface area (Å²) in [5.74, 6) is 0.155. The van der Waals surface area contributed by atoms with Crippen LogP contribution in [0.3, 0.4) is 0 Å².